The standard InChI is InChI=1S/C11H8BrI/c12-7-9-3-1-2-8-6-10(13)4-5-11(8)9/h1-6H,7H2. The quantitative estimate of drug-likeness (QED) is 0.532. The number of hydrogen-bond acceptors (Lipinski definition) is 0. The highest BCUT2D eigenvalue weighted by Gasteiger charge is 1.98. The fraction of sp³-hybridized carbons (Fsp3) is 0.0909. The van der Waals surface area contributed by atoms with Crippen molar-refractivity contribution in [1.29, 1.82) is 0 Å². The molecule has 13 heavy (non-hydrogen) atoms. The van der Waals surface area contributed by atoms with E-state index in [2.05, 4.69) is 74.9 Å². The van der Waals surface area contributed by atoms with E-state index < -0.39 is 0 Å². The van der Waals surface area contributed by atoms with Crippen LogP contribution < -0.4 is 0 Å². The lowest BCUT2D eigenvalue weighted by Crippen LogP contribution is -1.81. The third-order valence-corrected chi connectivity index (χ3v) is 3.35. The second kappa shape index (κ2) is 3.96. The van der Waals surface area contributed by atoms with Gasteiger partial charge in [0, 0.05) is 8.90 Å². The molecule has 0 aliphatic carbocycles. The lowest BCUT2D eigenvalue weighted by atomic mass is 10.1. The first-order chi connectivity index (χ1) is 6.31. The molecule has 0 fully saturated rings. The first kappa shape index (κ1) is 9.46. The Morgan fingerprint density at radius 1 is 1.15 bits per heavy atom. The molecule has 0 radical (unpaired) electrons. The van der Waals surface area contributed by atoms with Crippen molar-refractivity contribution >= 4 is 49.3 Å². The molecule has 0 atom stereocenters. The summed E-state index contributed by atoms with van der Waals surface area (Å²) in [5.74, 6) is 0. The van der Waals surface area contributed by atoms with Gasteiger partial charge in [0.25, 0.3) is 0 Å². The summed E-state index contributed by atoms with van der Waals surface area (Å²) >= 11 is 5.84. The van der Waals surface area contributed by atoms with E-state index >= 15 is 0 Å². The van der Waals surface area contributed by atoms with Gasteiger partial charge in [-0.25, -0.2) is 0 Å². The predicted octanol–water partition coefficient (Wildman–Crippen LogP) is 4.34. The summed E-state index contributed by atoms with van der Waals surface area (Å²) < 4.78 is 1.29. The molecule has 0 aromatic heterocycles. The molecule has 0 saturated carbocycles. The zero-order chi connectivity index (χ0) is 9.26. The molecule has 0 nitrogen and oxygen atoms in total. The molecule has 2 aromatic carbocycles. The van der Waals surface area contributed by atoms with Gasteiger partial charge in [0.15, 0.2) is 0 Å². The Bertz CT molecular complexity index is 437. The Hall–Kier alpha value is -0.0900. The average Bonchev–Trinajstić information content (AvgIpc) is 2.16. The van der Waals surface area contributed by atoms with Crippen LogP contribution in [0.5, 0.6) is 0 Å². The van der Waals surface area contributed by atoms with Gasteiger partial charge in [0.05, 0.1) is 0 Å². The van der Waals surface area contributed by atoms with E-state index in [1.165, 1.54) is 19.9 Å². The van der Waals surface area contributed by atoms with Crippen LogP contribution in [0.4, 0.5) is 0 Å². The fourth-order valence-electron chi connectivity index (χ4n) is 1.44. The van der Waals surface area contributed by atoms with E-state index in [1.54, 1.807) is 0 Å². The number of halogens is 2. The molecule has 0 aliphatic heterocycles. The van der Waals surface area contributed by atoms with Crippen LogP contribution in [-0.2, 0) is 5.33 Å². The maximum Gasteiger partial charge on any atom is 0.0289 e. The van der Waals surface area contributed by atoms with Crippen LogP contribution in [0.25, 0.3) is 10.8 Å². The van der Waals surface area contributed by atoms with Gasteiger partial charge in [-0.15, -0.1) is 0 Å². The van der Waals surface area contributed by atoms with Crippen molar-refractivity contribution in [2.45, 2.75) is 5.33 Å². The minimum atomic E-state index is 0.922. The molecule has 0 amide bonds. The van der Waals surface area contributed by atoms with Gasteiger partial charge in [-0.3, -0.25) is 0 Å². The molecule has 0 N–H and O–H groups in total. The minimum absolute atomic E-state index is 0.922. The monoisotopic (exact) mass is 346 g/mol. The summed E-state index contributed by atoms with van der Waals surface area (Å²) in [5.41, 5.74) is 1.36. The molecule has 66 valence electrons. The minimum Gasteiger partial charge on any atom is -0.0876 e. The van der Waals surface area contributed by atoms with Crippen LogP contribution in [-0.4, -0.2) is 0 Å². The topological polar surface area (TPSA) is 0 Å². The van der Waals surface area contributed by atoms with Crippen LogP contribution in [0.1, 0.15) is 5.56 Å². The average molecular weight is 347 g/mol. The van der Waals surface area contributed by atoms with Crippen molar-refractivity contribution in [2.24, 2.45) is 0 Å². The molecular weight excluding hydrogens is 339 g/mol. The van der Waals surface area contributed by atoms with Gasteiger partial charge in [0.1, 0.15) is 0 Å². The molecular formula is C11H8BrI. The lowest BCUT2D eigenvalue weighted by molar-refractivity contribution is 1.49. The zero-order valence-electron chi connectivity index (χ0n) is 6.93. The summed E-state index contributed by atoms with van der Waals surface area (Å²) in [6, 6.07) is 13.0. The number of hydrogen-bond donors (Lipinski definition) is 0. The molecule has 0 aliphatic rings. The summed E-state index contributed by atoms with van der Waals surface area (Å²) in [5, 5.41) is 3.59. The maximum atomic E-state index is 3.50. The molecule has 0 bridgehead atoms. The van der Waals surface area contributed by atoms with Gasteiger partial charge in [-0.2, -0.15) is 0 Å². The number of rotatable bonds is 1. The van der Waals surface area contributed by atoms with Crippen molar-refractivity contribution < 1.29 is 0 Å². The van der Waals surface area contributed by atoms with Gasteiger partial charge >= 0.3 is 0 Å². The van der Waals surface area contributed by atoms with Crippen LogP contribution in [0.15, 0.2) is 36.4 Å². The molecule has 0 saturated heterocycles. The lowest BCUT2D eigenvalue weighted by Gasteiger charge is -2.03. The maximum absolute atomic E-state index is 3.50. The van der Waals surface area contributed by atoms with Crippen molar-refractivity contribution in [2.75, 3.05) is 0 Å². The summed E-state index contributed by atoms with van der Waals surface area (Å²) in [4.78, 5) is 0. The fourth-order valence-corrected chi connectivity index (χ4v) is 2.44. The number of benzene rings is 2. The third kappa shape index (κ3) is 1.89. The van der Waals surface area contributed by atoms with Gasteiger partial charge in [-0.05, 0) is 51.1 Å². The first-order valence-corrected chi connectivity index (χ1v) is 6.24. The van der Waals surface area contributed by atoms with E-state index in [-0.39, 0.29) is 0 Å². The van der Waals surface area contributed by atoms with Gasteiger partial charge in [-0.1, -0.05) is 40.2 Å². The van der Waals surface area contributed by atoms with Crippen molar-refractivity contribution in [3.05, 3.63) is 45.5 Å². The SMILES string of the molecule is BrCc1cccc2cc(I)ccc12. The molecule has 2 heteroatoms. The number of alkyl halides is 1. The smallest absolute Gasteiger partial charge is 0.0289 e. The van der Waals surface area contributed by atoms with Crippen LogP contribution in [0, 0.1) is 3.57 Å². The normalized spacial score (nSPS) is 10.6. The van der Waals surface area contributed by atoms with Gasteiger partial charge < -0.3 is 0 Å². The predicted molar refractivity (Wildman–Crippen MR) is 69.3 cm³/mol. The van der Waals surface area contributed by atoms with E-state index in [4.69, 9.17) is 0 Å². The third-order valence-electron chi connectivity index (χ3n) is 2.08. The number of fused-ring (bicyclic) bond motifs is 1. The molecule has 2 aromatic rings. The van der Waals surface area contributed by atoms with Crippen molar-refractivity contribution in [3.63, 3.8) is 0 Å². The van der Waals surface area contributed by atoms with E-state index in [1.807, 2.05) is 0 Å². The second-order valence-electron chi connectivity index (χ2n) is 2.92. The highest BCUT2D eigenvalue weighted by Crippen LogP contribution is 2.22. The summed E-state index contributed by atoms with van der Waals surface area (Å²) in [6.07, 6.45) is 0. The van der Waals surface area contributed by atoms with E-state index in [0.29, 0.717) is 0 Å². The highest BCUT2D eigenvalue weighted by atomic mass is 127. The Morgan fingerprint density at radius 3 is 2.77 bits per heavy atom. The van der Waals surface area contributed by atoms with Crippen LogP contribution in [0.3, 0.4) is 0 Å². The van der Waals surface area contributed by atoms with Crippen molar-refractivity contribution in [3.8, 4) is 0 Å². The Kier molecular flexibility index (Phi) is 2.89. The molecule has 2 rings (SSSR count). The molecule has 0 spiro atoms. The molecule has 0 heterocycles. The van der Waals surface area contributed by atoms with E-state index in [9.17, 15) is 0 Å². The van der Waals surface area contributed by atoms with Crippen molar-refractivity contribution in [1.82, 2.24) is 0 Å². The Morgan fingerprint density at radius 2 is 2.00 bits per heavy atom. The Labute approximate surface area is 99.6 Å². The van der Waals surface area contributed by atoms with Gasteiger partial charge in [0.2, 0.25) is 0 Å². The zero-order valence-corrected chi connectivity index (χ0v) is 10.7. The van der Waals surface area contributed by atoms with Crippen LogP contribution >= 0.6 is 38.5 Å². The first-order valence-electron chi connectivity index (χ1n) is 4.04. The summed E-state index contributed by atoms with van der Waals surface area (Å²) in [6.45, 7) is 0. The second-order valence-corrected chi connectivity index (χ2v) is 4.72. The Balaban J connectivity index is 2.77. The van der Waals surface area contributed by atoms with E-state index in [0.717, 1.165) is 5.33 Å². The van der Waals surface area contributed by atoms with Crippen LogP contribution in [0.2, 0.25) is 0 Å². The largest absolute Gasteiger partial charge is 0.0876 e. The highest BCUT2D eigenvalue weighted by molar-refractivity contribution is 14.1. The molecule has 0 unspecified atom stereocenters. The summed E-state index contributed by atoms with van der Waals surface area (Å²) in [7, 11) is 0.